The Kier molecular flexibility index (Phi) is 10.7. The van der Waals surface area contributed by atoms with Gasteiger partial charge in [-0.1, -0.05) is 206 Å². The van der Waals surface area contributed by atoms with E-state index in [9.17, 15) is 0 Å². The molecule has 17 aromatic rings. The zero-order chi connectivity index (χ0) is 58.3. The summed E-state index contributed by atoms with van der Waals surface area (Å²) in [6, 6.07) is 122. The maximum Gasteiger partial charge on any atom is 0.0737 e. The Morgan fingerprint density at radius 1 is 0.225 bits per heavy atom. The third-order valence-electron chi connectivity index (χ3n) is 19.4. The summed E-state index contributed by atoms with van der Waals surface area (Å²) in [5.41, 5.74) is 23.4. The first-order valence-electron chi connectivity index (χ1n) is 30.8. The molecule has 0 saturated heterocycles. The standard InChI is InChI=1S/C85H54N4/c1-5-23-56(24-6-1)86(62-44-49-80-74(53-62)68-34-17-21-39-78(68)88(80)58-27-9-3-10-28-58)60-42-47-64-55(51-60)41-46-72-82-70-36-14-13-31-65(70)73-52-61(43-48-71(73)84(82)85(83(64)72)76-37-19-15-32-66(76)67-33-16-20-38-77(67)85)87(57-25-7-2-8-26-57)63-45-50-81-75(54-63)69-35-18-22-40-79(69)89(81)59-29-11-4-12-30-59/h1-54H. The van der Waals surface area contributed by atoms with Crippen LogP contribution in [0.3, 0.4) is 0 Å². The third kappa shape index (κ3) is 7.05. The van der Waals surface area contributed by atoms with Crippen LogP contribution in [0.2, 0.25) is 0 Å². The molecule has 0 atom stereocenters. The van der Waals surface area contributed by atoms with Crippen LogP contribution in [0.4, 0.5) is 34.1 Å². The van der Waals surface area contributed by atoms with Gasteiger partial charge in [0.05, 0.1) is 27.5 Å². The minimum atomic E-state index is -0.656. The highest BCUT2D eigenvalue weighted by Gasteiger charge is 2.54. The van der Waals surface area contributed by atoms with Crippen LogP contribution >= 0.6 is 0 Å². The summed E-state index contributed by atoms with van der Waals surface area (Å²) in [7, 11) is 0. The number of hydrogen-bond acceptors (Lipinski definition) is 2. The predicted molar refractivity (Wildman–Crippen MR) is 373 cm³/mol. The molecule has 2 aliphatic rings. The molecule has 4 nitrogen and oxygen atoms in total. The van der Waals surface area contributed by atoms with Crippen LogP contribution in [0.1, 0.15) is 22.3 Å². The van der Waals surface area contributed by atoms with Crippen molar-refractivity contribution in [3.63, 3.8) is 0 Å². The van der Waals surface area contributed by atoms with Crippen LogP contribution in [0.25, 0.3) is 110 Å². The second-order valence-electron chi connectivity index (χ2n) is 23.9. The second kappa shape index (κ2) is 19.1. The maximum atomic E-state index is 2.48. The highest BCUT2D eigenvalue weighted by atomic mass is 15.1. The van der Waals surface area contributed by atoms with Crippen molar-refractivity contribution in [1.29, 1.82) is 0 Å². The number of para-hydroxylation sites is 6. The van der Waals surface area contributed by atoms with Gasteiger partial charge in [-0.25, -0.2) is 0 Å². The molecule has 2 heterocycles. The topological polar surface area (TPSA) is 16.3 Å². The van der Waals surface area contributed by atoms with Gasteiger partial charge in [0, 0.05) is 67.0 Å². The molecule has 89 heavy (non-hydrogen) atoms. The van der Waals surface area contributed by atoms with Crippen LogP contribution in [-0.4, -0.2) is 9.13 Å². The number of benzene rings is 15. The zero-order valence-corrected chi connectivity index (χ0v) is 48.5. The minimum absolute atomic E-state index is 0.656. The number of aromatic nitrogens is 2. The van der Waals surface area contributed by atoms with E-state index in [-0.39, 0.29) is 0 Å². The molecule has 2 aliphatic carbocycles. The summed E-state index contributed by atoms with van der Waals surface area (Å²) in [4.78, 5) is 4.88. The van der Waals surface area contributed by atoms with Crippen molar-refractivity contribution in [3.05, 3.63) is 350 Å². The Bertz CT molecular complexity index is 5700. The second-order valence-corrected chi connectivity index (χ2v) is 23.9. The molecule has 0 fully saturated rings. The first-order valence-corrected chi connectivity index (χ1v) is 30.8. The molecule has 19 rings (SSSR count). The summed E-state index contributed by atoms with van der Waals surface area (Å²) < 4.78 is 4.79. The van der Waals surface area contributed by atoms with Crippen LogP contribution in [0.5, 0.6) is 0 Å². The number of rotatable bonds is 8. The Morgan fingerprint density at radius 3 is 1.17 bits per heavy atom. The molecule has 4 heteroatoms. The lowest BCUT2D eigenvalue weighted by Gasteiger charge is -2.33. The predicted octanol–water partition coefficient (Wildman–Crippen LogP) is 22.6. The Balaban J connectivity index is 0.835. The van der Waals surface area contributed by atoms with Crippen molar-refractivity contribution >= 4 is 110 Å². The lowest BCUT2D eigenvalue weighted by Crippen LogP contribution is -2.26. The van der Waals surface area contributed by atoms with Gasteiger partial charge >= 0.3 is 0 Å². The van der Waals surface area contributed by atoms with Gasteiger partial charge in [0.15, 0.2) is 0 Å². The lowest BCUT2D eigenvalue weighted by molar-refractivity contribution is 0.809. The smallest absolute Gasteiger partial charge is 0.0737 e. The molecular weight excluding hydrogens is 1080 g/mol. The van der Waals surface area contributed by atoms with E-state index in [1.54, 1.807) is 0 Å². The van der Waals surface area contributed by atoms with Gasteiger partial charge in [-0.3, -0.25) is 0 Å². The summed E-state index contributed by atoms with van der Waals surface area (Å²) >= 11 is 0. The van der Waals surface area contributed by atoms with Gasteiger partial charge in [0.2, 0.25) is 0 Å². The fourth-order valence-electron chi connectivity index (χ4n) is 15.9. The minimum Gasteiger partial charge on any atom is -0.310 e. The Morgan fingerprint density at radius 2 is 0.629 bits per heavy atom. The van der Waals surface area contributed by atoms with E-state index in [1.807, 2.05) is 0 Å². The first kappa shape index (κ1) is 49.5. The van der Waals surface area contributed by atoms with Gasteiger partial charge in [-0.2, -0.15) is 0 Å². The monoisotopic (exact) mass is 1130 g/mol. The van der Waals surface area contributed by atoms with E-state index >= 15 is 0 Å². The van der Waals surface area contributed by atoms with Gasteiger partial charge in [0.25, 0.3) is 0 Å². The van der Waals surface area contributed by atoms with Gasteiger partial charge < -0.3 is 18.9 Å². The van der Waals surface area contributed by atoms with Crippen LogP contribution in [0.15, 0.2) is 328 Å². The molecule has 0 saturated carbocycles. The average Bonchev–Trinajstić information content (AvgIpc) is 1.49. The van der Waals surface area contributed by atoms with Gasteiger partial charge in [0.1, 0.15) is 0 Å². The molecule has 15 aromatic carbocycles. The SMILES string of the molecule is c1ccc(N(c2ccc3c4c(ccc3c2)-c2c(c3ccc(N(c5ccccc5)c5ccc6c(c5)c5ccccc5n6-c5ccccc5)cc3c3ccccc23)C42c3ccccc3-c3ccccc32)c2ccc3c(c2)c2ccccc2n3-c2ccccc2)cc1. The van der Waals surface area contributed by atoms with Crippen LogP contribution in [-0.2, 0) is 5.41 Å². The number of nitrogens with zero attached hydrogens (tertiary/aromatic N) is 4. The summed E-state index contributed by atoms with van der Waals surface area (Å²) in [5.74, 6) is 0. The van der Waals surface area contributed by atoms with Gasteiger partial charge in [-0.15, -0.1) is 0 Å². The molecule has 0 aliphatic heterocycles. The number of anilines is 6. The van der Waals surface area contributed by atoms with E-state index in [2.05, 4.69) is 347 Å². The zero-order valence-electron chi connectivity index (χ0n) is 48.5. The molecule has 0 radical (unpaired) electrons. The van der Waals surface area contributed by atoms with Crippen LogP contribution in [0, 0.1) is 0 Å². The van der Waals surface area contributed by atoms with Crippen molar-refractivity contribution in [2.75, 3.05) is 9.80 Å². The molecule has 2 aromatic heterocycles. The fourth-order valence-corrected chi connectivity index (χ4v) is 15.9. The molecule has 0 unspecified atom stereocenters. The first-order chi connectivity index (χ1) is 44.2. The molecule has 1 spiro atoms. The highest BCUT2D eigenvalue weighted by molar-refractivity contribution is 6.22. The Hall–Kier alpha value is -11.7. The molecule has 0 amide bonds. The molecule has 0 N–H and O–H groups in total. The fraction of sp³-hybridized carbons (Fsp3) is 0.0118. The van der Waals surface area contributed by atoms with Crippen molar-refractivity contribution in [2.24, 2.45) is 0 Å². The van der Waals surface area contributed by atoms with E-state index < -0.39 is 5.41 Å². The van der Waals surface area contributed by atoms with E-state index in [1.165, 1.54) is 120 Å². The van der Waals surface area contributed by atoms with Crippen molar-refractivity contribution in [2.45, 2.75) is 5.41 Å². The third-order valence-corrected chi connectivity index (χ3v) is 19.4. The van der Waals surface area contributed by atoms with E-state index in [0.717, 1.165) is 45.5 Å². The van der Waals surface area contributed by atoms with Crippen molar-refractivity contribution in [1.82, 2.24) is 9.13 Å². The average molecular weight is 1130 g/mol. The highest BCUT2D eigenvalue weighted by Crippen LogP contribution is 2.67. The number of fused-ring (bicyclic) bond motifs is 23. The molecular formula is C85H54N4. The number of hydrogen-bond donors (Lipinski definition) is 0. The van der Waals surface area contributed by atoms with E-state index in [4.69, 9.17) is 0 Å². The largest absolute Gasteiger partial charge is 0.310 e. The van der Waals surface area contributed by atoms with Crippen LogP contribution < -0.4 is 9.80 Å². The summed E-state index contributed by atoms with van der Waals surface area (Å²) in [5, 5.41) is 12.3. The van der Waals surface area contributed by atoms with Crippen molar-refractivity contribution < 1.29 is 0 Å². The molecule has 414 valence electrons. The summed E-state index contributed by atoms with van der Waals surface area (Å²) in [6.07, 6.45) is 0. The van der Waals surface area contributed by atoms with Crippen molar-refractivity contribution in [3.8, 4) is 33.6 Å². The Labute approximate surface area is 514 Å². The lowest BCUT2D eigenvalue weighted by atomic mass is 9.68. The quantitative estimate of drug-likeness (QED) is 0.141. The van der Waals surface area contributed by atoms with Gasteiger partial charge in [-0.05, 0) is 198 Å². The van der Waals surface area contributed by atoms with E-state index in [0.29, 0.717) is 0 Å². The molecule has 0 bridgehead atoms. The normalized spacial score (nSPS) is 12.8. The summed E-state index contributed by atoms with van der Waals surface area (Å²) in [6.45, 7) is 0. The maximum absolute atomic E-state index is 2.48.